The number of nitrogens with one attached hydrogen (secondary N) is 1. The summed E-state index contributed by atoms with van der Waals surface area (Å²) < 4.78 is 33.6. The van der Waals surface area contributed by atoms with Gasteiger partial charge in [-0.25, -0.2) is 8.42 Å². The minimum atomic E-state index is -3.65. The van der Waals surface area contributed by atoms with E-state index in [0.29, 0.717) is 36.7 Å². The fourth-order valence-corrected chi connectivity index (χ4v) is 6.86. The first-order chi connectivity index (χ1) is 16.3. The van der Waals surface area contributed by atoms with Crippen LogP contribution in [0.4, 0.5) is 0 Å². The first-order valence-corrected chi connectivity index (χ1v) is 13.8. The first-order valence-electron chi connectivity index (χ1n) is 12.3. The maximum absolute atomic E-state index is 13.4. The van der Waals surface area contributed by atoms with Crippen LogP contribution in [0, 0.1) is 5.41 Å². The second kappa shape index (κ2) is 10.5. The highest BCUT2D eigenvalue weighted by Gasteiger charge is 2.41. The average molecular weight is 485 g/mol. The molecule has 0 spiro atoms. The highest BCUT2D eigenvalue weighted by atomic mass is 32.2. The van der Waals surface area contributed by atoms with Gasteiger partial charge in [0, 0.05) is 19.6 Å². The van der Waals surface area contributed by atoms with Gasteiger partial charge in [0.1, 0.15) is 5.75 Å². The van der Waals surface area contributed by atoms with Crippen LogP contribution in [-0.4, -0.2) is 38.8 Å². The van der Waals surface area contributed by atoms with E-state index in [1.165, 1.54) is 42.0 Å². The number of sulfonamides is 1. The summed E-state index contributed by atoms with van der Waals surface area (Å²) >= 11 is 0. The van der Waals surface area contributed by atoms with Gasteiger partial charge >= 0.3 is 0 Å². The molecular formula is C27H36N2O4S. The number of rotatable bonds is 7. The molecule has 1 N–H and O–H groups in total. The van der Waals surface area contributed by atoms with Crippen LogP contribution < -0.4 is 10.1 Å². The normalized spacial score (nSPS) is 22.3. The maximum atomic E-state index is 13.4. The third-order valence-corrected chi connectivity index (χ3v) is 9.25. The molecule has 2 aromatic carbocycles. The summed E-state index contributed by atoms with van der Waals surface area (Å²) in [6.07, 6.45) is 7.46. The van der Waals surface area contributed by atoms with E-state index in [-0.39, 0.29) is 12.5 Å². The van der Waals surface area contributed by atoms with Crippen molar-refractivity contribution in [2.24, 2.45) is 5.41 Å². The van der Waals surface area contributed by atoms with Crippen LogP contribution in [0.5, 0.6) is 5.75 Å². The van der Waals surface area contributed by atoms with Crippen LogP contribution in [0.3, 0.4) is 0 Å². The Morgan fingerprint density at radius 1 is 1.09 bits per heavy atom. The summed E-state index contributed by atoms with van der Waals surface area (Å²) in [5, 5.41) is 3.00. The van der Waals surface area contributed by atoms with Gasteiger partial charge in [0.25, 0.3) is 0 Å². The third-order valence-electron chi connectivity index (χ3n) is 7.39. The lowest BCUT2D eigenvalue weighted by Crippen LogP contribution is -2.51. The number of hydrogen-bond donors (Lipinski definition) is 1. The zero-order valence-corrected chi connectivity index (χ0v) is 21.1. The van der Waals surface area contributed by atoms with Gasteiger partial charge in [0.15, 0.2) is 0 Å². The zero-order valence-electron chi connectivity index (χ0n) is 20.3. The monoisotopic (exact) mass is 484 g/mol. The minimum Gasteiger partial charge on any atom is -0.497 e. The minimum absolute atomic E-state index is 0.122. The Bertz CT molecular complexity index is 1090. The highest BCUT2D eigenvalue weighted by Crippen LogP contribution is 2.35. The number of nitrogens with zero attached hydrogens (tertiary/aromatic N) is 1. The molecule has 4 rings (SSSR count). The van der Waals surface area contributed by atoms with Gasteiger partial charge in [0.05, 0.1) is 17.4 Å². The Labute approximate surface area is 203 Å². The molecule has 1 amide bonds. The molecule has 1 heterocycles. The summed E-state index contributed by atoms with van der Waals surface area (Å²) in [4.78, 5) is 13.4. The van der Waals surface area contributed by atoms with E-state index < -0.39 is 15.4 Å². The number of carbonyl (C=O) groups excluding carboxylic acids is 1. The predicted octanol–water partition coefficient (Wildman–Crippen LogP) is 4.85. The predicted molar refractivity (Wildman–Crippen MR) is 133 cm³/mol. The average Bonchev–Trinajstić information content (AvgIpc) is 2.88. The van der Waals surface area contributed by atoms with Crippen molar-refractivity contribution in [3.63, 3.8) is 0 Å². The molecule has 1 aliphatic carbocycles. The van der Waals surface area contributed by atoms with Gasteiger partial charge < -0.3 is 10.1 Å². The summed E-state index contributed by atoms with van der Waals surface area (Å²) in [6, 6.07) is 15.0. The molecule has 2 aromatic rings. The molecule has 7 heteroatoms. The number of ether oxygens (including phenoxy) is 1. The van der Waals surface area contributed by atoms with Crippen molar-refractivity contribution in [1.82, 2.24) is 9.62 Å². The van der Waals surface area contributed by atoms with Crippen LogP contribution in [0.2, 0.25) is 0 Å². The molecule has 1 saturated heterocycles. The van der Waals surface area contributed by atoms with E-state index in [2.05, 4.69) is 5.32 Å². The molecule has 184 valence electrons. The Hall–Kier alpha value is -2.38. The van der Waals surface area contributed by atoms with Crippen LogP contribution >= 0.6 is 0 Å². The fourth-order valence-electron chi connectivity index (χ4n) is 5.26. The lowest BCUT2D eigenvalue weighted by atomic mass is 9.82. The molecule has 6 nitrogen and oxygen atoms in total. The molecule has 2 aliphatic rings. The van der Waals surface area contributed by atoms with Crippen LogP contribution in [0.1, 0.15) is 68.9 Å². The Morgan fingerprint density at radius 2 is 1.82 bits per heavy atom. The summed E-state index contributed by atoms with van der Waals surface area (Å²) in [5.74, 6) is 1.15. The van der Waals surface area contributed by atoms with Gasteiger partial charge in [-0.1, -0.05) is 43.5 Å². The van der Waals surface area contributed by atoms with E-state index in [4.69, 9.17) is 4.74 Å². The second-order valence-electron chi connectivity index (χ2n) is 9.94. The maximum Gasteiger partial charge on any atom is 0.243 e. The van der Waals surface area contributed by atoms with Crippen molar-refractivity contribution >= 4 is 15.9 Å². The summed E-state index contributed by atoms with van der Waals surface area (Å²) in [7, 11) is -2.04. The van der Waals surface area contributed by atoms with E-state index >= 15 is 0 Å². The highest BCUT2D eigenvalue weighted by molar-refractivity contribution is 7.89. The molecule has 0 unspecified atom stereocenters. The number of amides is 1. The van der Waals surface area contributed by atoms with Crippen LogP contribution in [0.25, 0.3) is 0 Å². The van der Waals surface area contributed by atoms with Crippen LogP contribution in [-0.2, 0) is 21.4 Å². The van der Waals surface area contributed by atoms with Crippen molar-refractivity contribution in [2.45, 2.75) is 69.2 Å². The summed E-state index contributed by atoms with van der Waals surface area (Å²) in [5.41, 5.74) is 1.40. The number of methoxy groups -OCH3 is 1. The molecular weight excluding hydrogens is 448 g/mol. The van der Waals surface area contributed by atoms with E-state index in [0.717, 1.165) is 11.3 Å². The molecule has 0 aromatic heterocycles. The van der Waals surface area contributed by atoms with Crippen molar-refractivity contribution < 1.29 is 17.9 Å². The number of piperidine rings is 1. The number of carbonyl (C=O) groups is 1. The molecule has 1 saturated carbocycles. The molecule has 2 fully saturated rings. The number of hydrogen-bond acceptors (Lipinski definition) is 4. The van der Waals surface area contributed by atoms with E-state index in [1.807, 2.05) is 43.3 Å². The molecule has 1 atom stereocenters. The Balaban J connectivity index is 1.42. The second-order valence-corrected chi connectivity index (χ2v) is 11.9. The van der Waals surface area contributed by atoms with Gasteiger partial charge in [-0.3, -0.25) is 4.79 Å². The van der Waals surface area contributed by atoms with Gasteiger partial charge in [-0.05, 0) is 73.9 Å². The summed E-state index contributed by atoms with van der Waals surface area (Å²) in [6.45, 7) is 2.86. The molecule has 0 bridgehead atoms. The van der Waals surface area contributed by atoms with Gasteiger partial charge in [0.2, 0.25) is 15.9 Å². The smallest absolute Gasteiger partial charge is 0.243 e. The third kappa shape index (κ3) is 5.47. The lowest BCUT2D eigenvalue weighted by molar-refractivity contribution is -0.132. The standard InChI is InChI=1S/C27H36N2O4S/c1-27(26(30)28-19-21-8-6-11-24(18-21)33-2)16-7-17-29(20-27)34(31,32)25-14-12-23(13-15-25)22-9-4-3-5-10-22/h6,8,11-15,18,22H,3-5,7,9-10,16-17,19-20H2,1-2H3,(H,28,30)/t27-/m1/s1. The van der Waals surface area contributed by atoms with Crippen molar-refractivity contribution in [3.8, 4) is 5.75 Å². The first kappa shape index (κ1) is 24.7. The lowest BCUT2D eigenvalue weighted by Gasteiger charge is -2.38. The molecule has 0 radical (unpaired) electrons. The Morgan fingerprint density at radius 3 is 2.53 bits per heavy atom. The molecule has 1 aliphatic heterocycles. The van der Waals surface area contributed by atoms with E-state index in [9.17, 15) is 13.2 Å². The Kier molecular flexibility index (Phi) is 7.63. The number of benzene rings is 2. The van der Waals surface area contributed by atoms with Crippen LogP contribution in [0.15, 0.2) is 53.4 Å². The van der Waals surface area contributed by atoms with Gasteiger partial charge in [-0.15, -0.1) is 0 Å². The van der Waals surface area contributed by atoms with Crippen molar-refractivity contribution in [3.05, 3.63) is 59.7 Å². The fraction of sp³-hybridized carbons (Fsp3) is 0.519. The van der Waals surface area contributed by atoms with E-state index in [1.54, 1.807) is 19.2 Å². The largest absolute Gasteiger partial charge is 0.497 e. The SMILES string of the molecule is COc1cccc(CNC(=O)[C@]2(C)CCCN(S(=O)(=O)c3ccc(C4CCCCC4)cc3)C2)c1. The topological polar surface area (TPSA) is 75.7 Å². The molecule has 34 heavy (non-hydrogen) atoms. The zero-order chi connectivity index (χ0) is 24.2. The van der Waals surface area contributed by atoms with Crippen molar-refractivity contribution in [2.75, 3.05) is 20.2 Å². The van der Waals surface area contributed by atoms with Gasteiger partial charge in [-0.2, -0.15) is 4.31 Å². The quantitative estimate of drug-likeness (QED) is 0.610. The van der Waals surface area contributed by atoms with Crippen molar-refractivity contribution in [1.29, 1.82) is 0 Å².